The van der Waals surface area contributed by atoms with Crippen molar-refractivity contribution in [3.8, 4) is 0 Å². The summed E-state index contributed by atoms with van der Waals surface area (Å²) in [7, 11) is 0. The topological polar surface area (TPSA) is 45.6 Å². The first kappa shape index (κ1) is 10.3. The van der Waals surface area contributed by atoms with Gasteiger partial charge in [0, 0.05) is 16.4 Å². The minimum atomic E-state index is -0.143. The molecule has 15 heavy (non-hydrogen) atoms. The molecule has 1 atom stereocenters. The molecule has 0 bridgehead atoms. The fourth-order valence-corrected chi connectivity index (χ4v) is 1.55. The van der Waals surface area contributed by atoms with Crippen molar-refractivity contribution in [1.29, 1.82) is 0 Å². The number of carbonyl (C=O) groups is 1. The fourth-order valence-electron chi connectivity index (χ4n) is 1.31. The lowest BCUT2D eigenvalue weighted by Crippen LogP contribution is -2.25. The number of hydrogen-bond donors (Lipinski definition) is 0. The normalized spacial score (nSPS) is 20.7. The summed E-state index contributed by atoms with van der Waals surface area (Å²) < 4.78 is 0.881. The monoisotopic (exact) mass is 267 g/mol. The number of rotatable bonds is 1. The third-order valence-electron chi connectivity index (χ3n) is 2.39. The Labute approximate surface area is 96.1 Å². The number of halogens is 1. The van der Waals surface area contributed by atoms with Gasteiger partial charge in [0.05, 0.1) is 5.92 Å². The summed E-state index contributed by atoms with van der Waals surface area (Å²) in [5.74, 6) is 0.393. The summed E-state index contributed by atoms with van der Waals surface area (Å²) in [4.78, 5) is 15.9. The Kier molecular flexibility index (Phi) is 2.56. The molecule has 2 rings (SSSR count). The molecule has 0 saturated heterocycles. The lowest BCUT2D eigenvalue weighted by atomic mass is 10.1. The van der Waals surface area contributed by atoms with Gasteiger partial charge in [0.15, 0.2) is 5.82 Å². The van der Waals surface area contributed by atoms with Crippen molar-refractivity contribution >= 4 is 33.4 Å². The highest BCUT2D eigenvalue weighted by molar-refractivity contribution is 9.10. The van der Waals surface area contributed by atoms with Crippen LogP contribution in [0.5, 0.6) is 0 Å². The van der Waals surface area contributed by atoms with Crippen molar-refractivity contribution in [2.45, 2.75) is 13.8 Å². The Morgan fingerprint density at radius 1 is 1.47 bits per heavy atom. The van der Waals surface area contributed by atoms with Crippen LogP contribution in [0, 0.1) is 5.92 Å². The van der Waals surface area contributed by atoms with E-state index in [1.165, 1.54) is 5.01 Å². The van der Waals surface area contributed by atoms with E-state index in [1.54, 1.807) is 12.3 Å². The zero-order chi connectivity index (χ0) is 11.0. The largest absolute Gasteiger partial charge is 0.272 e. The maximum Gasteiger partial charge on any atom is 0.257 e. The van der Waals surface area contributed by atoms with E-state index in [-0.39, 0.29) is 11.8 Å². The van der Waals surface area contributed by atoms with Crippen LogP contribution >= 0.6 is 15.9 Å². The average molecular weight is 268 g/mol. The predicted octanol–water partition coefficient (Wildman–Crippen LogP) is 2.20. The molecule has 4 nitrogen and oxygen atoms in total. The number of nitrogens with zero attached hydrogens (tertiary/aromatic N) is 3. The summed E-state index contributed by atoms with van der Waals surface area (Å²) in [6.45, 7) is 3.70. The summed E-state index contributed by atoms with van der Waals surface area (Å²) in [5.41, 5.74) is 0.824. The van der Waals surface area contributed by atoms with Crippen LogP contribution in [0.25, 0.3) is 0 Å². The molecule has 0 fully saturated rings. The van der Waals surface area contributed by atoms with Crippen LogP contribution < -0.4 is 5.01 Å². The number of pyridine rings is 1. The lowest BCUT2D eigenvalue weighted by molar-refractivity contribution is -0.119. The molecule has 1 aromatic rings. The van der Waals surface area contributed by atoms with Crippen LogP contribution in [-0.2, 0) is 4.79 Å². The molecule has 1 amide bonds. The first-order valence-corrected chi connectivity index (χ1v) is 5.39. The molecule has 1 aliphatic rings. The maximum atomic E-state index is 11.8. The quantitative estimate of drug-likeness (QED) is 0.783. The summed E-state index contributed by atoms with van der Waals surface area (Å²) in [6, 6.07) is 3.60. The van der Waals surface area contributed by atoms with E-state index in [0.717, 1.165) is 10.2 Å². The Morgan fingerprint density at radius 3 is 2.67 bits per heavy atom. The number of carbonyl (C=O) groups excluding carboxylic acids is 1. The molecule has 1 aliphatic heterocycles. The minimum Gasteiger partial charge on any atom is -0.272 e. The molecule has 1 aromatic heterocycles. The van der Waals surface area contributed by atoms with E-state index in [0.29, 0.717) is 5.82 Å². The molecule has 0 N–H and O–H groups in total. The third-order valence-corrected chi connectivity index (χ3v) is 2.86. The zero-order valence-corrected chi connectivity index (χ0v) is 10.0. The summed E-state index contributed by atoms with van der Waals surface area (Å²) >= 11 is 3.29. The minimum absolute atomic E-state index is 0.0256. The Hall–Kier alpha value is -1.23. The van der Waals surface area contributed by atoms with Gasteiger partial charge < -0.3 is 0 Å². The fraction of sp³-hybridized carbons (Fsp3) is 0.300. The van der Waals surface area contributed by atoms with Crippen LogP contribution in [0.3, 0.4) is 0 Å². The Balaban J connectivity index is 2.33. The van der Waals surface area contributed by atoms with Crippen LogP contribution in [0.4, 0.5) is 5.82 Å². The maximum absolute atomic E-state index is 11.8. The second kappa shape index (κ2) is 3.73. The van der Waals surface area contributed by atoms with Gasteiger partial charge in [0.1, 0.15) is 0 Å². The summed E-state index contributed by atoms with van der Waals surface area (Å²) in [6.07, 6.45) is 1.65. The number of hydrogen-bond acceptors (Lipinski definition) is 3. The van der Waals surface area contributed by atoms with E-state index in [2.05, 4.69) is 26.0 Å². The first-order valence-electron chi connectivity index (χ1n) is 4.60. The molecule has 0 saturated carbocycles. The van der Waals surface area contributed by atoms with Crippen LogP contribution in [-0.4, -0.2) is 16.6 Å². The number of aromatic nitrogens is 1. The van der Waals surface area contributed by atoms with Gasteiger partial charge in [-0.3, -0.25) is 4.79 Å². The van der Waals surface area contributed by atoms with Gasteiger partial charge in [-0.2, -0.15) is 10.1 Å². The van der Waals surface area contributed by atoms with Gasteiger partial charge in [-0.25, -0.2) is 4.98 Å². The van der Waals surface area contributed by atoms with Crippen molar-refractivity contribution in [3.63, 3.8) is 0 Å². The lowest BCUT2D eigenvalue weighted by Gasteiger charge is -2.10. The number of amides is 1. The van der Waals surface area contributed by atoms with Gasteiger partial charge >= 0.3 is 0 Å². The van der Waals surface area contributed by atoms with Crippen LogP contribution in [0.2, 0.25) is 0 Å². The zero-order valence-electron chi connectivity index (χ0n) is 8.44. The van der Waals surface area contributed by atoms with E-state index < -0.39 is 0 Å². The van der Waals surface area contributed by atoms with E-state index in [9.17, 15) is 4.79 Å². The third kappa shape index (κ3) is 1.79. The molecule has 0 radical (unpaired) electrons. The number of hydrazone groups is 1. The van der Waals surface area contributed by atoms with Crippen LogP contribution in [0.1, 0.15) is 13.8 Å². The second-order valence-electron chi connectivity index (χ2n) is 3.45. The van der Waals surface area contributed by atoms with Gasteiger partial charge in [-0.05, 0) is 41.9 Å². The van der Waals surface area contributed by atoms with Gasteiger partial charge in [-0.1, -0.05) is 0 Å². The Bertz CT molecular complexity index is 427. The van der Waals surface area contributed by atoms with E-state index >= 15 is 0 Å². The molecular weight excluding hydrogens is 258 g/mol. The molecule has 1 unspecified atom stereocenters. The molecule has 78 valence electrons. The van der Waals surface area contributed by atoms with Gasteiger partial charge in [0.25, 0.3) is 5.91 Å². The van der Waals surface area contributed by atoms with Crippen molar-refractivity contribution in [2.24, 2.45) is 11.0 Å². The number of anilines is 1. The van der Waals surface area contributed by atoms with Crippen molar-refractivity contribution in [2.75, 3.05) is 5.01 Å². The molecule has 2 heterocycles. The van der Waals surface area contributed by atoms with Crippen LogP contribution in [0.15, 0.2) is 27.9 Å². The Morgan fingerprint density at radius 2 is 2.20 bits per heavy atom. The highest BCUT2D eigenvalue weighted by Gasteiger charge is 2.31. The average Bonchev–Trinajstić information content (AvgIpc) is 2.47. The SMILES string of the molecule is CC1=NN(c2ccc(Br)cn2)C(=O)C1C. The summed E-state index contributed by atoms with van der Waals surface area (Å²) in [5, 5.41) is 5.53. The second-order valence-corrected chi connectivity index (χ2v) is 4.36. The molecule has 0 spiro atoms. The van der Waals surface area contributed by atoms with Crippen molar-refractivity contribution < 1.29 is 4.79 Å². The van der Waals surface area contributed by atoms with Gasteiger partial charge in [-0.15, -0.1) is 0 Å². The highest BCUT2D eigenvalue weighted by atomic mass is 79.9. The van der Waals surface area contributed by atoms with Crippen molar-refractivity contribution in [3.05, 3.63) is 22.8 Å². The smallest absolute Gasteiger partial charge is 0.257 e. The van der Waals surface area contributed by atoms with Gasteiger partial charge in [0.2, 0.25) is 0 Å². The molecule has 0 aliphatic carbocycles. The molecule has 5 heteroatoms. The molecular formula is C10H10BrN3O. The standard InChI is InChI=1S/C10H10BrN3O/c1-6-7(2)13-14(10(6)15)9-4-3-8(11)5-12-9/h3-6H,1-2H3. The predicted molar refractivity (Wildman–Crippen MR) is 61.7 cm³/mol. The van der Waals surface area contributed by atoms with Crippen molar-refractivity contribution in [1.82, 2.24) is 4.98 Å². The molecule has 0 aromatic carbocycles. The van der Waals surface area contributed by atoms with E-state index in [1.807, 2.05) is 19.9 Å². The highest BCUT2D eigenvalue weighted by Crippen LogP contribution is 2.22. The van der Waals surface area contributed by atoms with E-state index in [4.69, 9.17) is 0 Å². The first-order chi connectivity index (χ1) is 7.09.